The summed E-state index contributed by atoms with van der Waals surface area (Å²) in [5.41, 5.74) is 1.00. The zero-order valence-electron chi connectivity index (χ0n) is 9.63. The summed E-state index contributed by atoms with van der Waals surface area (Å²) in [7, 11) is 0. The molecule has 1 fully saturated rings. The molecule has 1 aliphatic rings. The molecule has 1 aromatic carbocycles. The lowest BCUT2D eigenvalue weighted by molar-refractivity contribution is -0.384. The van der Waals surface area contributed by atoms with Crippen molar-refractivity contribution in [3.8, 4) is 0 Å². The molecule has 0 aromatic heterocycles. The van der Waals surface area contributed by atoms with E-state index in [1.165, 1.54) is 38.1 Å². The Bertz CT molecular complexity index is 372. The number of nitrogens with one attached hydrogen (secondary N) is 1. The van der Waals surface area contributed by atoms with Crippen molar-refractivity contribution in [3.05, 3.63) is 40.9 Å². The van der Waals surface area contributed by atoms with Crippen molar-refractivity contribution in [2.45, 2.75) is 12.8 Å². The molecule has 1 saturated heterocycles. The summed E-state index contributed by atoms with van der Waals surface area (Å²) in [5.74, 6) is 0. The van der Waals surface area contributed by atoms with Crippen molar-refractivity contribution in [2.24, 2.45) is 0 Å². The number of nitro groups is 1. The number of non-ortho nitro benzene ring substituents is 1. The first kappa shape index (κ1) is 11.9. The first-order valence-electron chi connectivity index (χ1n) is 5.81. The molecule has 0 spiro atoms. The Labute approximate surface area is 101 Å². The third kappa shape index (κ3) is 3.42. The maximum atomic E-state index is 10.5. The highest BCUT2D eigenvalue weighted by Crippen LogP contribution is 2.16. The third-order valence-corrected chi connectivity index (χ3v) is 2.90. The van der Waals surface area contributed by atoms with E-state index < -0.39 is 4.92 Å². The third-order valence-electron chi connectivity index (χ3n) is 2.90. The number of rotatable bonds is 5. The topological polar surface area (TPSA) is 58.4 Å². The van der Waals surface area contributed by atoms with Crippen LogP contribution in [0.4, 0.5) is 11.4 Å². The number of likely N-dealkylation sites (tertiary alicyclic amines) is 1. The molecule has 5 nitrogen and oxygen atoms in total. The second kappa shape index (κ2) is 5.63. The summed E-state index contributed by atoms with van der Waals surface area (Å²) in [5, 5.41) is 13.6. The van der Waals surface area contributed by atoms with E-state index in [1.807, 2.05) is 6.54 Å². The van der Waals surface area contributed by atoms with Gasteiger partial charge in [-0.25, -0.2) is 0 Å². The van der Waals surface area contributed by atoms with Gasteiger partial charge >= 0.3 is 0 Å². The molecule has 0 bridgehead atoms. The minimum atomic E-state index is -0.391. The Kier molecular flexibility index (Phi) is 3.93. The molecule has 5 heteroatoms. The van der Waals surface area contributed by atoms with E-state index in [1.54, 1.807) is 12.1 Å². The van der Waals surface area contributed by atoms with Crippen molar-refractivity contribution in [2.75, 3.05) is 25.0 Å². The Morgan fingerprint density at radius 2 is 1.94 bits per heavy atom. The summed E-state index contributed by atoms with van der Waals surface area (Å²) < 4.78 is 0. The fourth-order valence-electron chi connectivity index (χ4n) is 1.94. The molecular weight excluding hydrogens is 218 g/mol. The van der Waals surface area contributed by atoms with Gasteiger partial charge in [-0.05, 0) is 38.1 Å². The van der Waals surface area contributed by atoms with Crippen molar-refractivity contribution in [1.82, 2.24) is 4.90 Å². The van der Waals surface area contributed by atoms with E-state index in [9.17, 15) is 10.1 Å². The molecule has 91 valence electrons. The lowest BCUT2D eigenvalue weighted by Crippen LogP contribution is -2.22. The van der Waals surface area contributed by atoms with Crippen LogP contribution in [0.1, 0.15) is 12.8 Å². The van der Waals surface area contributed by atoms with Crippen LogP contribution in [0.15, 0.2) is 24.3 Å². The highest BCUT2D eigenvalue weighted by atomic mass is 16.6. The van der Waals surface area contributed by atoms with Gasteiger partial charge in [-0.15, -0.1) is 0 Å². The minimum Gasteiger partial charge on any atom is -0.379 e. The van der Waals surface area contributed by atoms with Crippen molar-refractivity contribution in [1.29, 1.82) is 0 Å². The van der Waals surface area contributed by atoms with Gasteiger partial charge in [0.15, 0.2) is 0 Å². The van der Waals surface area contributed by atoms with E-state index in [2.05, 4.69) is 10.2 Å². The number of hydrogen-bond acceptors (Lipinski definition) is 4. The van der Waals surface area contributed by atoms with Crippen LogP contribution in [0.2, 0.25) is 0 Å². The average Bonchev–Trinajstić information content (AvgIpc) is 2.83. The highest BCUT2D eigenvalue weighted by Gasteiger charge is 2.10. The molecule has 2 rings (SSSR count). The second-order valence-corrected chi connectivity index (χ2v) is 4.16. The number of hydrogen-bond donors (Lipinski definition) is 1. The van der Waals surface area contributed by atoms with Gasteiger partial charge in [-0.2, -0.15) is 0 Å². The van der Waals surface area contributed by atoms with Crippen LogP contribution in [0.3, 0.4) is 0 Å². The summed E-state index contributed by atoms with van der Waals surface area (Å²) in [6.45, 7) is 5.24. The van der Waals surface area contributed by atoms with Crippen molar-refractivity contribution in [3.63, 3.8) is 0 Å². The molecule has 1 aromatic rings. The van der Waals surface area contributed by atoms with Crippen LogP contribution < -0.4 is 5.32 Å². The van der Waals surface area contributed by atoms with Gasteiger partial charge in [-0.1, -0.05) is 0 Å². The van der Waals surface area contributed by atoms with Gasteiger partial charge in [0, 0.05) is 24.4 Å². The van der Waals surface area contributed by atoms with Gasteiger partial charge < -0.3 is 10.2 Å². The zero-order chi connectivity index (χ0) is 12.1. The Hall–Kier alpha value is -1.62. The fourth-order valence-corrected chi connectivity index (χ4v) is 1.94. The Balaban J connectivity index is 1.76. The standard InChI is InChI=1S/C12H16N3O2/c16-15(17)12-5-3-11(4-6-12)13-7-10-14-8-1-2-9-14/h3-7,13H,1-2,8-10H2. The maximum absolute atomic E-state index is 10.5. The minimum absolute atomic E-state index is 0.120. The molecule has 17 heavy (non-hydrogen) atoms. The molecular formula is C12H16N3O2. The summed E-state index contributed by atoms with van der Waals surface area (Å²) in [6.07, 6.45) is 2.57. The van der Waals surface area contributed by atoms with Crippen LogP contribution in [0.25, 0.3) is 0 Å². The quantitative estimate of drug-likeness (QED) is 0.627. The van der Waals surface area contributed by atoms with E-state index in [4.69, 9.17) is 0 Å². The van der Waals surface area contributed by atoms with E-state index in [0.29, 0.717) is 0 Å². The Morgan fingerprint density at radius 1 is 1.29 bits per heavy atom. The normalized spacial score (nSPS) is 16.0. The second-order valence-electron chi connectivity index (χ2n) is 4.16. The van der Waals surface area contributed by atoms with Crippen LogP contribution in [-0.4, -0.2) is 29.5 Å². The molecule has 1 N–H and O–H groups in total. The number of benzene rings is 1. The number of nitro benzene ring substituents is 1. The van der Waals surface area contributed by atoms with Crippen LogP contribution in [-0.2, 0) is 0 Å². The summed E-state index contributed by atoms with van der Waals surface area (Å²) in [4.78, 5) is 12.5. The summed E-state index contributed by atoms with van der Waals surface area (Å²) in [6, 6.07) is 6.45. The van der Waals surface area contributed by atoms with E-state index in [0.717, 1.165) is 12.2 Å². The first-order chi connectivity index (χ1) is 8.25. The van der Waals surface area contributed by atoms with Gasteiger partial charge in [0.05, 0.1) is 11.5 Å². The molecule has 0 unspecified atom stereocenters. The Morgan fingerprint density at radius 3 is 2.53 bits per heavy atom. The van der Waals surface area contributed by atoms with Crippen LogP contribution in [0.5, 0.6) is 0 Å². The van der Waals surface area contributed by atoms with Crippen molar-refractivity contribution >= 4 is 11.4 Å². The molecule has 1 radical (unpaired) electrons. The molecule has 0 aliphatic carbocycles. The lowest BCUT2D eigenvalue weighted by Gasteiger charge is -2.14. The number of nitrogens with zero attached hydrogens (tertiary/aromatic N) is 2. The molecule has 0 amide bonds. The van der Waals surface area contributed by atoms with Crippen LogP contribution in [0, 0.1) is 16.7 Å². The molecule has 0 atom stereocenters. The molecule has 1 heterocycles. The fraction of sp³-hybridized carbons (Fsp3) is 0.417. The molecule has 1 aliphatic heterocycles. The predicted octanol–water partition coefficient (Wildman–Crippen LogP) is 2.26. The molecule has 0 saturated carbocycles. The van der Waals surface area contributed by atoms with Gasteiger partial charge in [0.25, 0.3) is 5.69 Å². The van der Waals surface area contributed by atoms with Crippen molar-refractivity contribution < 1.29 is 4.92 Å². The van der Waals surface area contributed by atoms with Gasteiger partial charge in [0.2, 0.25) is 0 Å². The largest absolute Gasteiger partial charge is 0.379 e. The maximum Gasteiger partial charge on any atom is 0.269 e. The summed E-state index contributed by atoms with van der Waals surface area (Å²) >= 11 is 0. The van der Waals surface area contributed by atoms with E-state index >= 15 is 0 Å². The highest BCUT2D eigenvalue weighted by molar-refractivity contribution is 5.49. The lowest BCUT2D eigenvalue weighted by atomic mass is 10.3. The average molecular weight is 234 g/mol. The smallest absolute Gasteiger partial charge is 0.269 e. The van der Waals surface area contributed by atoms with E-state index in [-0.39, 0.29) is 5.69 Å². The monoisotopic (exact) mass is 234 g/mol. The van der Waals surface area contributed by atoms with Crippen LogP contribution >= 0.6 is 0 Å². The first-order valence-corrected chi connectivity index (χ1v) is 5.81. The van der Waals surface area contributed by atoms with Gasteiger partial charge in [-0.3, -0.25) is 10.1 Å². The number of anilines is 1. The predicted molar refractivity (Wildman–Crippen MR) is 66.7 cm³/mol. The van der Waals surface area contributed by atoms with Gasteiger partial charge in [0.1, 0.15) is 0 Å². The zero-order valence-corrected chi connectivity index (χ0v) is 9.63. The SMILES string of the molecule is O=[N+]([O-])c1ccc(N[CH]CN2CCCC2)cc1.